The molecular formula is C9H8N2O2. The molecule has 0 fully saturated rings. The number of H-pyrrole nitrogens is 1. The molecule has 0 spiro atoms. The molecule has 4 heteroatoms. The fourth-order valence-corrected chi connectivity index (χ4v) is 1.18. The Balaban J connectivity index is 2.97. The number of rotatable bonds is 0. The maximum atomic E-state index is 11.2. The summed E-state index contributed by atoms with van der Waals surface area (Å²) in [5.74, 6) is 0.0436. The van der Waals surface area contributed by atoms with Gasteiger partial charge in [-0.25, -0.2) is 4.98 Å². The minimum atomic E-state index is -0.269. The number of benzene rings is 1. The summed E-state index contributed by atoms with van der Waals surface area (Å²) in [6.07, 6.45) is 0. The fourth-order valence-electron chi connectivity index (χ4n) is 1.18. The Kier molecular flexibility index (Phi) is 1.55. The van der Waals surface area contributed by atoms with Crippen molar-refractivity contribution in [3.8, 4) is 5.75 Å². The van der Waals surface area contributed by atoms with Gasteiger partial charge >= 0.3 is 0 Å². The Morgan fingerprint density at radius 1 is 1.46 bits per heavy atom. The zero-order chi connectivity index (χ0) is 9.42. The third kappa shape index (κ3) is 1.16. The number of aryl methyl sites for hydroxylation is 1. The predicted octanol–water partition coefficient (Wildman–Crippen LogP) is 0.937. The molecule has 66 valence electrons. The van der Waals surface area contributed by atoms with Crippen LogP contribution in [0.4, 0.5) is 0 Å². The highest BCUT2D eigenvalue weighted by atomic mass is 16.3. The van der Waals surface area contributed by atoms with Crippen molar-refractivity contribution in [1.29, 1.82) is 0 Å². The van der Waals surface area contributed by atoms with E-state index in [2.05, 4.69) is 9.97 Å². The van der Waals surface area contributed by atoms with E-state index in [9.17, 15) is 9.90 Å². The SMILES string of the molecule is Cc1nc2cccc(O)c2[nH]c1=O. The number of hydrogen-bond acceptors (Lipinski definition) is 3. The Hall–Kier alpha value is -1.84. The largest absolute Gasteiger partial charge is 0.506 e. The van der Waals surface area contributed by atoms with Gasteiger partial charge in [0.1, 0.15) is 17.0 Å². The summed E-state index contributed by atoms with van der Waals surface area (Å²) < 4.78 is 0. The summed E-state index contributed by atoms with van der Waals surface area (Å²) >= 11 is 0. The summed E-state index contributed by atoms with van der Waals surface area (Å²) in [6, 6.07) is 4.93. The van der Waals surface area contributed by atoms with Gasteiger partial charge < -0.3 is 10.1 Å². The van der Waals surface area contributed by atoms with Gasteiger partial charge in [0.05, 0.1) is 5.52 Å². The molecule has 0 aliphatic rings. The molecule has 0 saturated carbocycles. The van der Waals surface area contributed by atoms with Crippen LogP contribution in [-0.2, 0) is 0 Å². The summed E-state index contributed by atoms with van der Waals surface area (Å²) in [5.41, 5.74) is 1.11. The molecule has 0 saturated heterocycles. The number of fused-ring (bicyclic) bond motifs is 1. The van der Waals surface area contributed by atoms with Crippen molar-refractivity contribution in [2.45, 2.75) is 6.92 Å². The molecule has 4 nitrogen and oxygen atoms in total. The smallest absolute Gasteiger partial charge is 0.269 e. The third-order valence-corrected chi connectivity index (χ3v) is 1.88. The minimum absolute atomic E-state index is 0.0436. The molecule has 2 rings (SSSR count). The van der Waals surface area contributed by atoms with Gasteiger partial charge in [0.2, 0.25) is 0 Å². The van der Waals surface area contributed by atoms with E-state index in [1.807, 2.05) is 0 Å². The van der Waals surface area contributed by atoms with Gasteiger partial charge in [-0.15, -0.1) is 0 Å². The van der Waals surface area contributed by atoms with Crippen LogP contribution in [0.2, 0.25) is 0 Å². The number of aromatic hydroxyl groups is 1. The van der Waals surface area contributed by atoms with Crippen LogP contribution in [0.1, 0.15) is 5.69 Å². The van der Waals surface area contributed by atoms with Crippen molar-refractivity contribution in [1.82, 2.24) is 9.97 Å². The van der Waals surface area contributed by atoms with Crippen LogP contribution < -0.4 is 5.56 Å². The molecular weight excluding hydrogens is 168 g/mol. The lowest BCUT2D eigenvalue weighted by molar-refractivity contribution is 0.480. The molecule has 0 radical (unpaired) electrons. The molecule has 0 aliphatic heterocycles. The zero-order valence-corrected chi connectivity index (χ0v) is 7.03. The number of hydrogen-bond donors (Lipinski definition) is 2. The summed E-state index contributed by atoms with van der Waals surface area (Å²) in [5, 5.41) is 9.38. The standard InChI is InChI=1S/C9H8N2O2/c1-5-9(13)11-8-6(10-5)3-2-4-7(8)12/h2-4,12H,1H3,(H,11,13). The second-order valence-corrected chi connectivity index (χ2v) is 2.82. The van der Waals surface area contributed by atoms with Gasteiger partial charge in [0.25, 0.3) is 5.56 Å². The van der Waals surface area contributed by atoms with Crippen molar-refractivity contribution in [2.24, 2.45) is 0 Å². The predicted molar refractivity (Wildman–Crippen MR) is 48.8 cm³/mol. The second kappa shape index (κ2) is 2.58. The summed E-state index contributed by atoms with van der Waals surface area (Å²) in [4.78, 5) is 17.7. The molecule has 0 unspecified atom stereocenters. The Labute approximate surface area is 73.9 Å². The first-order chi connectivity index (χ1) is 6.18. The molecule has 0 amide bonds. The van der Waals surface area contributed by atoms with Crippen LogP contribution in [0, 0.1) is 6.92 Å². The average molecular weight is 176 g/mol. The van der Waals surface area contributed by atoms with Crippen molar-refractivity contribution in [3.05, 3.63) is 34.2 Å². The van der Waals surface area contributed by atoms with Crippen molar-refractivity contribution in [2.75, 3.05) is 0 Å². The molecule has 0 bridgehead atoms. The highest BCUT2D eigenvalue weighted by Gasteiger charge is 2.02. The van der Waals surface area contributed by atoms with Gasteiger partial charge in [-0.05, 0) is 19.1 Å². The molecule has 1 aromatic heterocycles. The Morgan fingerprint density at radius 3 is 3.00 bits per heavy atom. The van der Waals surface area contributed by atoms with Gasteiger partial charge in [-0.1, -0.05) is 6.07 Å². The molecule has 0 aliphatic carbocycles. The van der Waals surface area contributed by atoms with E-state index in [4.69, 9.17) is 0 Å². The lowest BCUT2D eigenvalue weighted by Crippen LogP contribution is -2.11. The molecule has 13 heavy (non-hydrogen) atoms. The van der Waals surface area contributed by atoms with Crippen LogP contribution >= 0.6 is 0 Å². The highest BCUT2D eigenvalue weighted by molar-refractivity contribution is 5.80. The monoisotopic (exact) mass is 176 g/mol. The molecule has 2 aromatic rings. The third-order valence-electron chi connectivity index (χ3n) is 1.88. The first kappa shape index (κ1) is 7.79. The van der Waals surface area contributed by atoms with E-state index in [0.29, 0.717) is 16.7 Å². The maximum Gasteiger partial charge on any atom is 0.269 e. The summed E-state index contributed by atoms with van der Waals surface area (Å²) in [6.45, 7) is 1.63. The van der Waals surface area contributed by atoms with E-state index in [1.54, 1.807) is 19.1 Å². The molecule has 1 heterocycles. The van der Waals surface area contributed by atoms with Crippen molar-refractivity contribution >= 4 is 11.0 Å². The van der Waals surface area contributed by atoms with Crippen molar-refractivity contribution in [3.63, 3.8) is 0 Å². The molecule has 0 atom stereocenters. The van der Waals surface area contributed by atoms with E-state index in [0.717, 1.165) is 0 Å². The van der Waals surface area contributed by atoms with Crippen LogP contribution in [0.15, 0.2) is 23.0 Å². The quantitative estimate of drug-likeness (QED) is 0.627. The van der Waals surface area contributed by atoms with Gasteiger partial charge in [-0.3, -0.25) is 4.79 Å². The van der Waals surface area contributed by atoms with E-state index < -0.39 is 0 Å². The number of phenolic OH excluding ortho intramolecular Hbond substituents is 1. The molecule has 1 aromatic carbocycles. The average Bonchev–Trinajstić information content (AvgIpc) is 2.09. The minimum Gasteiger partial charge on any atom is -0.506 e. The van der Waals surface area contributed by atoms with E-state index in [-0.39, 0.29) is 11.3 Å². The Morgan fingerprint density at radius 2 is 2.23 bits per heavy atom. The number of para-hydroxylation sites is 1. The van der Waals surface area contributed by atoms with Gasteiger partial charge in [0, 0.05) is 0 Å². The first-order valence-corrected chi connectivity index (χ1v) is 3.87. The lowest BCUT2D eigenvalue weighted by atomic mass is 10.3. The van der Waals surface area contributed by atoms with Crippen LogP contribution in [-0.4, -0.2) is 15.1 Å². The number of aromatic amines is 1. The maximum absolute atomic E-state index is 11.2. The van der Waals surface area contributed by atoms with E-state index in [1.165, 1.54) is 6.07 Å². The zero-order valence-electron chi connectivity index (χ0n) is 7.03. The number of aromatic nitrogens is 2. The topological polar surface area (TPSA) is 66.0 Å². The fraction of sp³-hybridized carbons (Fsp3) is 0.111. The van der Waals surface area contributed by atoms with Crippen molar-refractivity contribution < 1.29 is 5.11 Å². The van der Waals surface area contributed by atoms with Crippen LogP contribution in [0.25, 0.3) is 11.0 Å². The second-order valence-electron chi connectivity index (χ2n) is 2.82. The van der Waals surface area contributed by atoms with Gasteiger partial charge in [0.15, 0.2) is 0 Å². The normalized spacial score (nSPS) is 10.5. The lowest BCUT2D eigenvalue weighted by Gasteiger charge is -1.99. The number of phenols is 1. The first-order valence-electron chi connectivity index (χ1n) is 3.87. The molecule has 2 N–H and O–H groups in total. The number of nitrogens with zero attached hydrogens (tertiary/aromatic N) is 1. The van der Waals surface area contributed by atoms with Crippen LogP contribution in [0.5, 0.6) is 5.75 Å². The Bertz CT molecular complexity index is 516. The van der Waals surface area contributed by atoms with Crippen LogP contribution in [0.3, 0.4) is 0 Å². The van der Waals surface area contributed by atoms with E-state index >= 15 is 0 Å². The summed E-state index contributed by atoms with van der Waals surface area (Å²) in [7, 11) is 0. The highest BCUT2D eigenvalue weighted by Crippen LogP contribution is 2.18. The number of nitrogens with one attached hydrogen (secondary N) is 1. The van der Waals surface area contributed by atoms with Gasteiger partial charge in [-0.2, -0.15) is 0 Å².